The molecule has 27 heavy (non-hydrogen) atoms. The Morgan fingerprint density at radius 3 is 2.67 bits per heavy atom. The molecule has 6 nitrogen and oxygen atoms in total. The minimum atomic E-state index is -0.497. The number of carbonyl (C=O) groups excluding carboxylic acids is 1. The van der Waals surface area contributed by atoms with Crippen molar-refractivity contribution in [2.75, 3.05) is 5.32 Å². The normalized spacial score (nSPS) is 11.5. The summed E-state index contributed by atoms with van der Waals surface area (Å²) in [6.45, 7) is 8.16. The lowest BCUT2D eigenvalue weighted by molar-refractivity contribution is 0.102. The molecular weight excluding hydrogens is 384 g/mol. The van der Waals surface area contributed by atoms with Gasteiger partial charge >= 0.3 is 0 Å². The fourth-order valence-electron chi connectivity index (χ4n) is 2.82. The quantitative estimate of drug-likeness (QED) is 0.677. The highest BCUT2D eigenvalue weighted by Gasteiger charge is 2.18. The van der Waals surface area contributed by atoms with E-state index in [9.17, 15) is 9.59 Å². The van der Waals surface area contributed by atoms with E-state index < -0.39 is 5.91 Å². The van der Waals surface area contributed by atoms with Gasteiger partial charge in [0.1, 0.15) is 10.6 Å². The Morgan fingerprint density at radius 1 is 1.26 bits per heavy atom. The topological polar surface area (TPSA) is 76.9 Å². The SMILES string of the molecule is CC(C)Cc1nnc(NC(=O)c2cn(C(C)C)c3ccc(Cl)cc3c2=O)s1. The Labute approximate surface area is 166 Å². The van der Waals surface area contributed by atoms with Gasteiger partial charge in [0.25, 0.3) is 5.91 Å². The predicted molar refractivity (Wildman–Crippen MR) is 110 cm³/mol. The molecule has 3 aromatic rings. The number of carbonyl (C=O) groups is 1. The van der Waals surface area contributed by atoms with Crippen LogP contribution in [0.3, 0.4) is 0 Å². The van der Waals surface area contributed by atoms with Crippen LogP contribution in [0, 0.1) is 5.92 Å². The maximum Gasteiger partial charge on any atom is 0.262 e. The molecule has 2 aromatic heterocycles. The summed E-state index contributed by atoms with van der Waals surface area (Å²) in [5.41, 5.74) is 0.444. The molecule has 0 unspecified atom stereocenters. The molecule has 0 spiro atoms. The van der Waals surface area contributed by atoms with E-state index in [2.05, 4.69) is 29.4 Å². The van der Waals surface area contributed by atoms with Crippen LogP contribution >= 0.6 is 22.9 Å². The van der Waals surface area contributed by atoms with Crippen molar-refractivity contribution < 1.29 is 4.79 Å². The van der Waals surface area contributed by atoms with Crippen LogP contribution in [0.15, 0.2) is 29.2 Å². The second kappa shape index (κ2) is 7.78. The van der Waals surface area contributed by atoms with Crippen molar-refractivity contribution in [2.24, 2.45) is 5.92 Å². The molecule has 0 fully saturated rings. The lowest BCUT2D eigenvalue weighted by atomic mass is 10.1. The summed E-state index contributed by atoms with van der Waals surface area (Å²) < 4.78 is 1.90. The third kappa shape index (κ3) is 4.20. The molecule has 0 saturated carbocycles. The number of amides is 1. The van der Waals surface area contributed by atoms with Crippen molar-refractivity contribution in [2.45, 2.75) is 40.2 Å². The van der Waals surface area contributed by atoms with E-state index in [1.807, 2.05) is 18.4 Å². The summed E-state index contributed by atoms with van der Waals surface area (Å²) in [5.74, 6) is -0.0477. The maximum atomic E-state index is 12.9. The molecule has 1 N–H and O–H groups in total. The van der Waals surface area contributed by atoms with E-state index in [1.54, 1.807) is 24.4 Å². The maximum absolute atomic E-state index is 12.9. The van der Waals surface area contributed by atoms with Gasteiger partial charge in [0.15, 0.2) is 0 Å². The number of rotatable bonds is 5. The van der Waals surface area contributed by atoms with Gasteiger partial charge in [-0.3, -0.25) is 14.9 Å². The Bertz CT molecular complexity index is 1060. The molecular formula is C19H21ClN4O2S. The van der Waals surface area contributed by atoms with Gasteiger partial charge in [-0.05, 0) is 38.0 Å². The first-order valence-corrected chi connectivity index (χ1v) is 9.94. The second-order valence-electron chi connectivity index (χ2n) is 7.09. The standard InChI is InChI=1S/C19H21ClN4O2S/c1-10(2)7-16-22-23-19(27-16)21-18(26)14-9-24(11(3)4)15-6-5-12(20)8-13(15)17(14)25/h5-6,8-11H,7H2,1-4H3,(H,21,23,26). The summed E-state index contributed by atoms with van der Waals surface area (Å²) in [6, 6.07) is 5.20. The minimum Gasteiger partial charge on any atom is -0.344 e. The number of anilines is 1. The number of halogens is 1. The van der Waals surface area contributed by atoms with E-state index >= 15 is 0 Å². The second-order valence-corrected chi connectivity index (χ2v) is 8.59. The number of pyridine rings is 1. The van der Waals surface area contributed by atoms with Crippen molar-refractivity contribution >= 4 is 44.9 Å². The minimum absolute atomic E-state index is 0.0547. The molecule has 0 aliphatic heterocycles. The monoisotopic (exact) mass is 404 g/mol. The molecule has 3 rings (SSSR count). The van der Waals surface area contributed by atoms with Gasteiger partial charge in [0, 0.05) is 29.1 Å². The fraction of sp³-hybridized carbons (Fsp3) is 0.368. The van der Waals surface area contributed by atoms with Gasteiger partial charge < -0.3 is 4.57 Å². The third-order valence-electron chi connectivity index (χ3n) is 4.07. The molecule has 8 heteroatoms. The van der Waals surface area contributed by atoms with Crippen LogP contribution in [0.5, 0.6) is 0 Å². The summed E-state index contributed by atoms with van der Waals surface area (Å²) in [4.78, 5) is 25.6. The van der Waals surface area contributed by atoms with Crippen molar-refractivity contribution in [3.8, 4) is 0 Å². The summed E-state index contributed by atoms with van der Waals surface area (Å²) >= 11 is 7.39. The van der Waals surface area contributed by atoms with E-state index in [1.165, 1.54) is 11.3 Å². The van der Waals surface area contributed by atoms with Crippen molar-refractivity contribution in [1.82, 2.24) is 14.8 Å². The van der Waals surface area contributed by atoms with Gasteiger partial charge in [-0.1, -0.05) is 36.8 Å². The Kier molecular flexibility index (Phi) is 5.62. The first-order valence-electron chi connectivity index (χ1n) is 8.74. The van der Waals surface area contributed by atoms with Crippen LogP contribution in [-0.4, -0.2) is 20.7 Å². The van der Waals surface area contributed by atoms with E-state index in [0.29, 0.717) is 21.5 Å². The summed E-state index contributed by atoms with van der Waals surface area (Å²) in [7, 11) is 0. The molecule has 142 valence electrons. The average molecular weight is 405 g/mol. The molecule has 0 aliphatic rings. The number of hydrogen-bond donors (Lipinski definition) is 1. The van der Waals surface area contributed by atoms with Crippen LogP contribution < -0.4 is 10.7 Å². The van der Waals surface area contributed by atoms with Gasteiger partial charge in [-0.15, -0.1) is 10.2 Å². The number of nitrogens with one attached hydrogen (secondary N) is 1. The van der Waals surface area contributed by atoms with Crippen molar-refractivity contribution in [1.29, 1.82) is 0 Å². The van der Waals surface area contributed by atoms with Crippen LogP contribution in [0.2, 0.25) is 5.02 Å². The number of hydrogen-bond acceptors (Lipinski definition) is 5. The smallest absolute Gasteiger partial charge is 0.262 e. The molecule has 0 aliphatic carbocycles. The average Bonchev–Trinajstić information content (AvgIpc) is 3.01. The Morgan fingerprint density at radius 2 is 2.00 bits per heavy atom. The lowest BCUT2D eigenvalue weighted by Crippen LogP contribution is -2.24. The van der Waals surface area contributed by atoms with Gasteiger partial charge in [-0.25, -0.2) is 0 Å². The van der Waals surface area contributed by atoms with Gasteiger partial charge in [0.2, 0.25) is 10.6 Å². The fourth-order valence-corrected chi connectivity index (χ4v) is 3.94. The Balaban J connectivity index is 2.00. The largest absolute Gasteiger partial charge is 0.344 e. The zero-order chi connectivity index (χ0) is 19.7. The predicted octanol–water partition coefficient (Wildman–Crippen LogP) is 4.54. The van der Waals surface area contributed by atoms with Crippen LogP contribution in [0.25, 0.3) is 10.9 Å². The zero-order valence-electron chi connectivity index (χ0n) is 15.6. The highest BCUT2D eigenvalue weighted by molar-refractivity contribution is 7.15. The lowest BCUT2D eigenvalue weighted by Gasteiger charge is -2.16. The highest BCUT2D eigenvalue weighted by Crippen LogP contribution is 2.22. The number of benzene rings is 1. The number of nitrogens with zero attached hydrogens (tertiary/aromatic N) is 3. The van der Waals surface area contributed by atoms with Crippen LogP contribution in [-0.2, 0) is 6.42 Å². The molecule has 0 bridgehead atoms. The van der Waals surface area contributed by atoms with E-state index in [4.69, 9.17) is 11.6 Å². The third-order valence-corrected chi connectivity index (χ3v) is 5.16. The number of aromatic nitrogens is 3. The van der Waals surface area contributed by atoms with Crippen molar-refractivity contribution in [3.63, 3.8) is 0 Å². The summed E-state index contributed by atoms with van der Waals surface area (Å²) in [5, 5.41) is 12.9. The zero-order valence-corrected chi connectivity index (χ0v) is 17.2. The molecule has 1 aromatic carbocycles. The molecule has 0 atom stereocenters. The molecule has 1 amide bonds. The van der Waals surface area contributed by atoms with Gasteiger partial charge in [0.05, 0.1) is 5.52 Å². The Hall–Kier alpha value is -2.25. The van der Waals surface area contributed by atoms with E-state index in [-0.39, 0.29) is 17.0 Å². The highest BCUT2D eigenvalue weighted by atomic mass is 35.5. The first kappa shape index (κ1) is 19.5. The van der Waals surface area contributed by atoms with Crippen LogP contribution in [0.1, 0.15) is 49.1 Å². The molecule has 2 heterocycles. The first-order chi connectivity index (χ1) is 12.8. The molecule has 0 radical (unpaired) electrons. The molecule has 0 saturated heterocycles. The summed E-state index contributed by atoms with van der Waals surface area (Å²) in [6.07, 6.45) is 2.39. The number of fused-ring (bicyclic) bond motifs is 1. The van der Waals surface area contributed by atoms with Crippen LogP contribution in [0.4, 0.5) is 5.13 Å². The van der Waals surface area contributed by atoms with Crippen molar-refractivity contribution in [3.05, 3.63) is 50.2 Å². The van der Waals surface area contributed by atoms with Gasteiger partial charge in [-0.2, -0.15) is 0 Å². The van der Waals surface area contributed by atoms with E-state index in [0.717, 1.165) is 16.9 Å².